The van der Waals surface area contributed by atoms with Crippen molar-refractivity contribution in [2.24, 2.45) is 0 Å². The van der Waals surface area contributed by atoms with E-state index in [0.29, 0.717) is 11.6 Å². The molecule has 27 heavy (non-hydrogen) atoms. The highest BCUT2D eigenvalue weighted by atomic mass is 32.1. The van der Waals surface area contributed by atoms with Gasteiger partial charge < -0.3 is 4.90 Å². The zero-order valence-electron chi connectivity index (χ0n) is 15.3. The van der Waals surface area contributed by atoms with Crippen LogP contribution in [0.4, 0.5) is 0 Å². The van der Waals surface area contributed by atoms with E-state index in [1.807, 2.05) is 23.1 Å². The SMILES string of the molecule is CN(Cc1cc(-c2cccs2)n[nH]1)C1CCN(C(=O)c2cccnc2)CC1. The highest BCUT2D eigenvalue weighted by molar-refractivity contribution is 7.13. The number of piperidine rings is 1. The van der Waals surface area contributed by atoms with E-state index in [2.05, 4.69) is 44.6 Å². The Balaban J connectivity index is 1.31. The molecular weight excluding hydrogens is 358 g/mol. The second-order valence-corrected chi connectivity index (χ2v) is 7.88. The highest BCUT2D eigenvalue weighted by Crippen LogP contribution is 2.24. The average Bonchev–Trinajstić information content (AvgIpc) is 3.40. The Bertz CT molecular complexity index is 869. The molecule has 7 heteroatoms. The van der Waals surface area contributed by atoms with Crippen LogP contribution in [0.25, 0.3) is 10.6 Å². The van der Waals surface area contributed by atoms with E-state index in [1.54, 1.807) is 23.7 Å². The van der Waals surface area contributed by atoms with Crippen LogP contribution >= 0.6 is 11.3 Å². The number of aromatic nitrogens is 3. The third-order valence-electron chi connectivity index (χ3n) is 5.11. The molecule has 3 aromatic rings. The zero-order chi connectivity index (χ0) is 18.6. The fourth-order valence-electron chi connectivity index (χ4n) is 3.57. The van der Waals surface area contributed by atoms with Gasteiger partial charge in [0.1, 0.15) is 5.69 Å². The van der Waals surface area contributed by atoms with Gasteiger partial charge in [-0.15, -0.1) is 11.3 Å². The van der Waals surface area contributed by atoms with Gasteiger partial charge in [0.25, 0.3) is 5.91 Å². The number of nitrogens with one attached hydrogen (secondary N) is 1. The van der Waals surface area contributed by atoms with Gasteiger partial charge in [0.2, 0.25) is 0 Å². The number of likely N-dealkylation sites (tertiary alicyclic amines) is 1. The summed E-state index contributed by atoms with van der Waals surface area (Å²) >= 11 is 1.70. The molecule has 1 N–H and O–H groups in total. The highest BCUT2D eigenvalue weighted by Gasteiger charge is 2.26. The first kappa shape index (κ1) is 17.9. The molecule has 6 nitrogen and oxygen atoms in total. The van der Waals surface area contributed by atoms with Gasteiger partial charge in [0, 0.05) is 43.8 Å². The van der Waals surface area contributed by atoms with Crippen LogP contribution in [0.15, 0.2) is 48.1 Å². The number of nitrogens with zero attached hydrogens (tertiary/aromatic N) is 4. The molecule has 3 aromatic heterocycles. The molecule has 0 aliphatic carbocycles. The van der Waals surface area contributed by atoms with E-state index in [-0.39, 0.29) is 5.91 Å². The smallest absolute Gasteiger partial charge is 0.255 e. The van der Waals surface area contributed by atoms with Crippen LogP contribution in [0.1, 0.15) is 28.9 Å². The maximum absolute atomic E-state index is 12.5. The van der Waals surface area contributed by atoms with Crippen molar-refractivity contribution in [3.8, 4) is 10.6 Å². The number of hydrogen-bond acceptors (Lipinski definition) is 5. The summed E-state index contributed by atoms with van der Waals surface area (Å²) in [6.45, 7) is 2.40. The molecule has 1 fully saturated rings. The van der Waals surface area contributed by atoms with E-state index < -0.39 is 0 Å². The Morgan fingerprint density at radius 2 is 2.19 bits per heavy atom. The first-order valence-electron chi connectivity index (χ1n) is 9.18. The topological polar surface area (TPSA) is 65.1 Å². The summed E-state index contributed by atoms with van der Waals surface area (Å²) in [4.78, 5) is 22.1. The van der Waals surface area contributed by atoms with Gasteiger partial charge in [-0.05, 0) is 49.5 Å². The quantitative estimate of drug-likeness (QED) is 0.737. The summed E-state index contributed by atoms with van der Waals surface area (Å²) in [7, 11) is 2.15. The summed E-state index contributed by atoms with van der Waals surface area (Å²) in [5.74, 6) is 0.0818. The van der Waals surface area contributed by atoms with Crippen molar-refractivity contribution in [3.05, 3.63) is 59.4 Å². The number of amides is 1. The van der Waals surface area contributed by atoms with E-state index in [4.69, 9.17) is 0 Å². The fraction of sp³-hybridized carbons (Fsp3) is 0.350. The maximum Gasteiger partial charge on any atom is 0.255 e. The first-order chi connectivity index (χ1) is 13.2. The largest absolute Gasteiger partial charge is 0.338 e. The molecule has 1 saturated heterocycles. The lowest BCUT2D eigenvalue weighted by Gasteiger charge is -2.36. The Kier molecular flexibility index (Phi) is 5.31. The van der Waals surface area contributed by atoms with Crippen LogP contribution in [0.5, 0.6) is 0 Å². The molecule has 0 saturated carbocycles. The molecule has 0 unspecified atom stereocenters. The van der Waals surface area contributed by atoms with Gasteiger partial charge in [-0.25, -0.2) is 0 Å². The van der Waals surface area contributed by atoms with Crippen molar-refractivity contribution in [3.63, 3.8) is 0 Å². The van der Waals surface area contributed by atoms with Gasteiger partial charge in [0.15, 0.2) is 0 Å². The molecule has 0 spiro atoms. The molecule has 4 heterocycles. The summed E-state index contributed by atoms with van der Waals surface area (Å²) in [6.07, 6.45) is 5.30. The van der Waals surface area contributed by atoms with Crippen molar-refractivity contribution < 1.29 is 4.79 Å². The Labute approximate surface area is 162 Å². The Hall–Kier alpha value is -2.51. The minimum atomic E-state index is 0.0818. The van der Waals surface area contributed by atoms with Crippen LogP contribution in [-0.4, -0.2) is 57.1 Å². The number of carbonyl (C=O) groups is 1. The van der Waals surface area contributed by atoms with Gasteiger partial charge in [-0.2, -0.15) is 5.10 Å². The van der Waals surface area contributed by atoms with E-state index in [9.17, 15) is 4.79 Å². The number of thiophene rings is 1. The second kappa shape index (κ2) is 8.02. The number of pyridine rings is 1. The summed E-state index contributed by atoms with van der Waals surface area (Å²) in [5.41, 5.74) is 2.79. The van der Waals surface area contributed by atoms with Gasteiger partial charge >= 0.3 is 0 Å². The predicted molar refractivity (Wildman–Crippen MR) is 107 cm³/mol. The van der Waals surface area contributed by atoms with Crippen molar-refractivity contribution in [2.45, 2.75) is 25.4 Å². The first-order valence-corrected chi connectivity index (χ1v) is 10.1. The van der Waals surface area contributed by atoms with Crippen molar-refractivity contribution in [1.29, 1.82) is 0 Å². The molecule has 1 aliphatic heterocycles. The molecule has 0 bridgehead atoms. The van der Waals surface area contributed by atoms with E-state index in [0.717, 1.165) is 43.9 Å². The van der Waals surface area contributed by atoms with Crippen molar-refractivity contribution in [2.75, 3.05) is 20.1 Å². The van der Waals surface area contributed by atoms with E-state index in [1.165, 1.54) is 4.88 Å². The van der Waals surface area contributed by atoms with Crippen LogP contribution in [0.2, 0.25) is 0 Å². The van der Waals surface area contributed by atoms with Crippen LogP contribution in [-0.2, 0) is 6.54 Å². The molecule has 140 valence electrons. The van der Waals surface area contributed by atoms with Crippen LogP contribution in [0.3, 0.4) is 0 Å². The lowest BCUT2D eigenvalue weighted by molar-refractivity contribution is 0.0638. The third-order valence-corrected chi connectivity index (χ3v) is 6.00. The van der Waals surface area contributed by atoms with Crippen molar-refractivity contribution in [1.82, 2.24) is 25.0 Å². The number of carbonyl (C=O) groups excluding carboxylic acids is 1. The normalized spacial score (nSPS) is 15.4. The molecule has 1 aliphatic rings. The van der Waals surface area contributed by atoms with Gasteiger partial charge in [-0.1, -0.05) is 6.07 Å². The van der Waals surface area contributed by atoms with Crippen molar-refractivity contribution >= 4 is 17.2 Å². The Morgan fingerprint density at radius 3 is 2.89 bits per heavy atom. The fourth-order valence-corrected chi connectivity index (χ4v) is 4.26. The second-order valence-electron chi connectivity index (χ2n) is 6.94. The lowest BCUT2D eigenvalue weighted by atomic mass is 10.0. The van der Waals surface area contributed by atoms with Crippen LogP contribution < -0.4 is 0 Å². The monoisotopic (exact) mass is 381 g/mol. The summed E-state index contributed by atoms with van der Waals surface area (Å²) in [5, 5.41) is 9.65. The minimum absolute atomic E-state index is 0.0818. The summed E-state index contributed by atoms with van der Waals surface area (Å²) in [6, 6.07) is 10.4. The minimum Gasteiger partial charge on any atom is -0.338 e. The number of aromatic amines is 1. The molecule has 4 rings (SSSR count). The van der Waals surface area contributed by atoms with E-state index >= 15 is 0 Å². The number of H-pyrrole nitrogens is 1. The number of rotatable bonds is 5. The molecule has 0 radical (unpaired) electrons. The lowest BCUT2D eigenvalue weighted by Crippen LogP contribution is -2.45. The molecule has 0 aromatic carbocycles. The molecule has 0 atom stereocenters. The van der Waals surface area contributed by atoms with Gasteiger partial charge in [0.05, 0.1) is 10.4 Å². The molecular formula is C20H23N5OS. The summed E-state index contributed by atoms with van der Waals surface area (Å²) < 4.78 is 0. The standard InChI is InChI=1S/C20H23N5OS/c1-24(14-16-12-18(23-22-16)19-5-3-11-27-19)17-6-9-25(10-7-17)20(26)15-4-2-8-21-13-15/h2-5,8,11-13,17H,6-7,9-10,14H2,1H3,(H,22,23). The van der Waals surface area contributed by atoms with Gasteiger partial charge in [-0.3, -0.25) is 19.8 Å². The van der Waals surface area contributed by atoms with Crippen LogP contribution in [0, 0.1) is 0 Å². The zero-order valence-corrected chi connectivity index (χ0v) is 16.2. The predicted octanol–water partition coefficient (Wildman–Crippen LogP) is 3.27. The number of hydrogen-bond donors (Lipinski definition) is 1. The molecule has 1 amide bonds. The average molecular weight is 382 g/mol. The maximum atomic E-state index is 12.5. The third kappa shape index (κ3) is 4.09. The Morgan fingerprint density at radius 1 is 1.33 bits per heavy atom.